The SMILES string of the molecule is CSc1ccc([C@@H]2CCCC[C@@H]2O)cc1. The Labute approximate surface area is 95.9 Å². The van der Waals surface area contributed by atoms with Gasteiger partial charge in [-0.1, -0.05) is 25.0 Å². The number of hydrogen-bond donors (Lipinski definition) is 1. The zero-order chi connectivity index (χ0) is 10.7. The molecule has 0 aliphatic heterocycles. The molecule has 1 aromatic rings. The van der Waals surface area contributed by atoms with Crippen molar-refractivity contribution in [1.29, 1.82) is 0 Å². The van der Waals surface area contributed by atoms with Gasteiger partial charge in [-0.3, -0.25) is 0 Å². The lowest BCUT2D eigenvalue weighted by Gasteiger charge is -2.27. The fourth-order valence-corrected chi connectivity index (χ4v) is 2.76. The Balaban J connectivity index is 2.13. The molecule has 0 bridgehead atoms. The Kier molecular flexibility index (Phi) is 3.71. The molecule has 0 saturated heterocycles. The molecule has 1 aromatic carbocycles. The number of aliphatic hydroxyl groups excluding tert-OH is 1. The van der Waals surface area contributed by atoms with Crippen LogP contribution in [-0.2, 0) is 0 Å². The third-order valence-corrected chi connectivity index (χ3v) is 4.02. The number of benzene rings is 1. The maximum Gasteiger partial charge on any atom is 0.0608 e. The zero-order valence-electron chi connectivity index (χ0n) is 9.15. The van der Waals surface area contributed by atoms with Gasteiger partial charge in [0, 0.05) is 10.8 Å². The third-order valence-electron chi connectivity index (χ3n) is 3.27. The van der Waals surface area contributed by atoms with Crippen LogP contribution in [-0.4, -0.2) is 17.5 Å². The standard InChI is InChI=1S/C13H18OS/c1-15-11-8-6-10(7-9-11)12-4-2-3-5-13(12)14/h6-9,12-14H,2-5H2,1H3/t12-,13-/m0/s1. The highest BCUT2D eigenvalue weighted by Gasteiger charge is 2.24. The van der Waals surface area contributed by atoms with Gasteiger partial charge in [0.25, 0.3) is 0 Å². The first-order chi connectivity index (χ1) is 7.31. The van der Waals surface area contributed by atoms with Crippen LogP contribution in [0.25, 0.3) is 0 Å². The van der Waals surface area contributed by atoms with Crippen LogP contribution < -0.4 is 0 Å². The fraction of sp³-hybridized carbons (Fsp3) is 0.538. The van der Waals surface area contributed by atoms with Gasteiger partial charge in [-0.2, -0.15) is 0 Å². The molecular formula is C13H18OS. The van der Waals surface area contributed by atoms with Crippen molar-refractivity contribution in [3.63, 3.8) is 0 Å². The molecule has 15 heavy (non-hydrogen) atoms. The van der Waals surface area contributed by atoms with Gasteiger partial charge in [0.05, 0.1) is 6.10 Å². The average molecular weight is 222 g/mol. The van der Waals surface area contributed by atoms with E-state index in [1.807, 2.05) is 0 Å². The smallest absolute Gasteiger partial charge is 0.0608 e. The molecule has 0 aromatic heterocycles. The second-order valence-electron chi connectivity index (χ2n) is 4.23. The molecule has 0 radical (unpaired) electrons. The van der Waals surface area contributed by atoms with Crippen LogP contribution in [0, 0.1) is 0 Å². The zero-order valence-corrected chi connectivity index (χ0v) is 9.96. The van der Waals surface area contributed by atoms with E-state index in [0.29, 0.717) is 5.92 Å². The van der Waals surface area contributed by atoms with E-state index < -0.39 is 0 Å². The molecule has 82 valence electrons. The van der Waals surface area contributed by atoms with Crippen molar-refractivity contribution in [2.45, 2.75) is 42.6 Å². The Bertz CT molecular complexity index is 307. The van der Waals surface area contributed by atoms with Crippen LogP contribution in [0.2, 0.25) is 0 Å². The van der Waals surface area contributed by atoms with E-state index in [0.717, 1.165) is 12.8 Å². The Morgan fingerprint density at radius 2 is 1.80 bits per heavy atom. The van der Waals surface area contributed by atoms with E-state index in [1.54, 1.807) is 11.8 Å². The summed E-state index contributed by atoms with van der Waals surface area (Å²) in [6.45, 7) is 0. The highest BCUT2D eigenvalue weighted by molar-refractivity contribution is 7.98. The summed E-state index contributed by atoms with van der Waals surface area (Å²) in [6, 6.07) is 8.65. The van der Waals surface area contributed by atoms with Gasteiger partial charge < -0.3 is 5.11 Å². The molecular weight excluding hydrogens is 204 g/mol. The lowest BCUT2D eigenvalue weighted by Crippen LogP contribution is -2.22. The summed E-state index contributed by atoms with van der Waals surface area (Å²) in [5.74, 6) is 0.370. The minimum Gasteiger partial charge on any atom is -0.392 e. The summed E-state index contributed by atoms with van der Waals surface area (Å²) in [5.41, 5.74) is 1.31. The highest BCUT2D eigenvalue weighted by Crippen LogP contribution is 2.33. The van der Waals surface area contributed by atoms with Crippen molar-refractivity contribution in [3.8, 4) is 0 Å². The minimum absolute atomic E-state index is 0.126. The van der Waals surface area contributed by atoms with E-state index in [1.165, 1.54) is 23.3 Å². The first kappa shape index (κ1) is 11.0. The normalized spacial score (nSPS) is 26.5. The Morgan fingerprint density at radius 3 is 2.40 bits per heavy atom. The average Bonchev–Trinajstić information content (AvgIpc) is 2.30. The maximum atomic E-state index is 9.94. The van der Waals surface area contributed by atoms with Crippen LogP contribution in [0.3, 0.4) is 0 Å². The molecule has 2 rings (SSSR count). The molecule has 1 N–H and O–H groups in total. The number of thioether (sulfide) groups is 1. The number of hydrogen-bond acceptors (Lipinski definition) is 2. The molecule has 1 fully saturated rings. The Morgan fingerprint density at radius 1 is 1.13 bits per heavy atom. The fourth-order valence-electron chi connectivity index (χ4n) is 2.35. The second-order valence-corrected chi connectivity index (χ2v) is 5.11. The molecule has 1 nitrogen and oxygen atoms in total. The van der Waals surface area contributed by atoms with Gasteiger partial charge in [0.1, 0.15) is 0 Å². The number of aliphatic hydroxyl groups is 1. The summed E-state index contributed by atoms with van der Waals surface area (Å²) in [5, 5.41) is 9.94. The van der Waals surface area contributed by atoms with Gasteiger partial charge in [-0.15, -0.1) is 11.8 Å². The van der Waals surface area contributed by atoms with Crippen molar-refractivity contribution in [2.75, 3.05) is 6.26 Å². The lowest BCUT2D eigenvalue weighted by molar-refractivity contribution is 0.106. The predicted octanol–water partition coefficient (Wildman–Crippen LogP) is 3.43. The van der Waals surface area contributed by atoms with Gasteiger partial charge in [-0.05, 0) is 36.8 Å². The first-order valence-corrected chi connectivity index (χ1v) is 6.86. The monoisotopic (exact) mass is 222 g/mol. The third kappa shape index (κ3) is 2.56. The van der Waals surface area contributed by atoms with E-state index in [-0.39, 0.29) is 6.10 Å². The number of rotatable bonds is 2. The molecule has 0 spiro atoms. The highest BCUT2D eigenvalue weighted by atomic mass is 32.2. The van der Waals surface area contributed by atoms with Crippen molar-refractivity contribution in [1.82, 2.24) is 0 Å². The molecule has 0 unspecified atom stereocenters. The van der Waals surface area contributed by atoms with Crippen LogP contribution in [0.15, 0.2) is 29.2 Å². The molecule has 1 saturated carbocycles. The van der Waals surface area contributed by atoms with Crippen molar-refractivity contribution in [3.05, 3.63) is 29.8 Å². The van der Waals surface area contributed by atoms with Crippen LogP contribution >= 0.6 is 11.8 Å². The van der Waals surface area contributed by atoms with Gasteiger partial charge >= 0.3 is 0 Å². The van der Waals surface area contributed by atoms with E-state index >= 15 is 0 Å². The topological polar surface area (TPSA) is 20.2 Å². The summed E-state index contributed by atoms with van der Waals surface area (Å²) in [6.07, 6.45) is 6.50. The predicted molar refractivity (Wildman–Crippen MR) is 65.4 cm³/mol. The van der Waals surface area contributed by atoms with E-state index in [2.05, 4.69) is 30.5 Å². The summed E-state index contributed by atoms with van der Waals surface area (Å²) in [7, 11) is 0. The largest absolute Gasteiger partial charge is 0.392 e. The van der Waals surface area contributed by atoms with Crippen LogP contribution in [0.5, 0.6) is 0 Å². The van der Waals surface area contributed by atoms with E-state index in [9.17, 15) is 5.11 Å². The van der Waals surface area contributed by atoms with Gasteiger partial charge in [0.2, 0.25) is 0 Å². The van der Waals surface area contributed by atoms with Crippen LogP contribution in [0.1, 0.15) is 37.2 Å². The van der Waals surface area contributed by atoms with Crippen LogP contribution in [0.4, 0.5) is 0 Å². The summed E-state index contributed by atoms with van der Waals surface area (Å²) in [4.78, 5) is 1.30. The molecule has 0 heterocycles. The maximum absolute atomic E-state index is 9.94. The van der Waals surface area contributed by atoms with Crippen molar-refractivity contribution in [2.24, 2.45) is 0 Å². The molecule has 0 amide bonds. The lowest BCUT2D eigenvalue weighted by atomic mass is 9.82. The van der Waals surface area contributed by atoms with Crippen molar-refractivity contribution < 1.29 is 5.11 Å². The molecule has 1 aliphatic carbocycles. The van der Waals surface area contributed by atoms with Gasteiger partial charge in [0.15, 0.2) is 0 Å². The molecule has 2 atom stereocenters. The van der Waals surface area contributed by atoms with E-state index in [4.69, 9.17) is 0 Å². The minimum atomic E-state index is -0.126. The summed E-state index contributed by atoms with van der Waals surface area (Å²) >= 11 is 1.76. The van der Waals surface area contributed by atoms with Crippen molar-refractivity contribution >= 4 is 11.8 Å². The second kappa shape index (κ2) is 5.04. The molecule has 2 heteroatoms. The van der Waals surface area contributed by atoms with Gasteiger partial charge in [-0.25, -0.2) is 0 Å². The molecule has 1 aliphatic rings. The Hall–Kier alpha value is -0.470. The summed E-state index contributed by atoms with van der Waals surface area (Å²) < 4.78 is 0. The first-order valence-electron chi connectivity index (χ1n) is 5.63. The quantitative estimate of drug-likeness (QED) is 0.774.